The van der Waals surface area contributed by atoms with Crippen LogP contribution >= 0.6 is 15.9 Å². The third-order valence-corrected chi connectivity index (χ3v) is 3.43. The molecule has 0 heterocycles. The number of carbonyl (C=O) groups excluding carboxylic acids is 1. The molecule has 0 radical (unpaired) electrons. The molecule has 0 fully saturated rings. The van der Waals surface area contributed by atoms with Crippen LogP contribution in [0.3, 0.4) is 0 Å². The van der Waals surface area contributed by atoms with Gasteiger partial charge in [0.2, 0.25) is 5.75 Å². The number of methoxy groups -OCH3 is 3. The van der Waals surface area contributed by atoms with Gasteiger partial charge in [0.05, 0.1) is 37.8 Å². The normalized spacial score (nSPS) is 9.90. The van der Waals surface area contributed by atoms with E-state index in [4.69, 9.17) is 19.3 Å². The standard InChI is InChI=1S/C13H16BrNO6/c1-19-8-6-7(13(18)15-5-4-9(16)17)10(14)12(21-3)11(8)20-2/h6H,4-5H2,1-3H3,(H,15,18)(H,16,17). The Morgan fingerprint density at radius 3 is 2.29 bits per heavy atom. The van der Waals surface area contributed by atoms with Crippen LogP contribution in [0.2, 0.25) is 0 Å². The molecular weight excluding hydrogens is 346 g/mol. The van der Waals surface area contributed by atoms with E-state index in [1.807, 2.05) is 0 Å². The Hall–Kier alpha value is -1.96. The van der Waals surface area contributed by atoms with E-state index in [0.29, 0.717) is 21.7 Å². The van der Waals surface area contributed by atoms with Crippen molar-refractivity contribution in [2.45, 2.75) is 6.42 Å². The molecular formula is C13H16BrNO6. The molecule has 2 N–H and O–H groups in total. The fraction of sp³-hybridized carbons (Fsp3) is 0.385. The maximum atomic E-state index is 12.1. The van der Waals surface area contributed by atoms with Crippen molar-refractivity contribution in [1.82, 2.24) is 5.32 Å². The molecule has 0 spiro atoms. The van der Waals surface area contributed by atoms with E-state index < -0.39 is 11.9 Å². The molecule has 0 aliphatic carbocycles. The van der Waals surface area contributed by atoms with Crippen LogP contribution < -0.4 is 19.5 Å². The number of carbonyl (C=O) groups is 2. The second-order valence-electron chi connectivity index (χ2n) is 3.91. The molecule has 7 nitrogen and oxygen atoms in total. The number of amides is 1. The second-order valence-corrected chi connectivity index (χ2v) is 4.70. The number of rotatable bonds is 7. The Morgan fingerprint density at radius 1 is 1.19 bits per heavy atom. The van der Waals surface area contributed by atoms with E-state index >= 15 is 0 Å². The predicted molar refractivity (Wildman–Crippen MR) is 78.4 cm³/mol. The molecule has 0 saturated heterocycles. The molecule has 0 aliphatic heterocycles. The lowest BCUT2D eigenvalue weighted by Crippen LogP contribution is -2.26. The summed E-state index contributed by atoms with van der Waals surface area (Å²) >= 11 is 3.28. The first-order chi connectivity index (χ1) is 9.96. The Balaban J connectivity index is 3.12. The molecule has 0 aliphatic rings. The highest BCUT2D eigenvalue weighted by Crippen LogP contribution is 2.44. The van der Waals surface area contributed by atoms with E-state index in [0.717, 1.165) is 0 Å². The number of aliphatic carboxylic acids is 1. The molecule has 8 heteroatoms. The van der Waals surface area contributed by atoms with Crippen LogP contribution in [-0.4, -0.2) is 44.9 Å². The quantitative estimate of drug-likeness (QED) is 0.767. The molecule has 0 unspecified atom stereocenters. The maximum Gasteiger partial charge on any atom is 0.305 e. The van der Waals surface area contributed by atoms with Crippen molar-refractivity contribution in [3.05, 3.63) is 16.1 Å². The van der Waals surface area contributed by atoms with Crippen molar-refractivity contribution in [3.8, 4) is 17.2 Å². The van der Waals surface area contributed by atoms with E-state index in [9.17, 15) is 9.59 Å². The second kappa shape index (κ2) is 7.72. The van der Waals surface area contributed by atoms with Gasteiger partial charge in [-0.05, 0) is 22.0 Å². The minimum atomic E-state index is -0.987. The molecule has 1 amide bonds. The number of hydrogen-bond donors (Lipinski definition) is 2. The monoisotopic (exact) mass is 361 g/mol. The van der Waals surface area contributed by atoms with E-state index in [1.165, 1.54) is 27.4 Å². The van der Waals surface area contributed by atoms with Crippen LogP contribution in [-0.2, 0) is 4.79 Å². The Bertz CT molecular complexity index is 546. The van der Waals surface area contributed by atoms with Crippen LogP contribution in [0.25, 0.3) is 0 Å². The highest BCUT2D eigenvalue weighted by molar-refractivity contribution is 9.10. The average Bonchev–Trinajstić information content (AvgIpc) is 2.45. The Kier molecular flexibility index (Phi) is 6.29. The summed E-state index contributed by atoms with van der Waals surface area (Å²) in [5, 5.41) is 11.1. The fourth-order valence-electron chi connectivity index (χ4n) is 1.66. The van der Waals surface area contributed by atoms with Crippen LogP contribution in [0.15, 0.2) is 10.5 Å². The summed E-state index contributed by atoms with van der Waals surface area (Å²) < 4.78 is 16.0. The summed E-state index contributed by atoms with van der Waals surface area (Å²) in [4.78, 5) is 22.5. The zero-order valence-corrected chi connectivity index (χ0v) is 13.4. The van der Waals surface area contributed by atoms with Crippen molar-refractivity contribution in [3.63, 3.8) is 0 Å². The first kappa shape index (κ1) is 17.1. The smallest absolute Gasteiger partial charge is 0.305 e. The number of nitrogens with one attached hydrogen (secondary N) is 1. The zero-order chi connectivity index (χ0) is 16.0. The summed E-state index contributed by atoms with van der Waals surface area (Å²) in [5.74, 6) is -0.420. The summed E-state index contributed by atoms with van der Waals surface area (Å²) in [6.45, 7) is 0.0251. The molecule has 0 saturated carbocycles. The van der Waals surface area contributed by atoms with Gasteiger partial charge in [0.15, 0.2) is 11.5 Å². The van der Waals surface area contributed by atoms with Gasteiger partial charge in [0.25, 0.3) is 5.91 Å². The van der Waals surface area contributed by atoms with Gasteiger partial charge in [-0.25, -0.2) is 0 Å². The van der Waals surface area contributed by atoms with Crippen molar-refractivity contribution >= 4 is 27.8 Å². The van der Waals surface area contributed by atoms with Gasteiger partial charge >= 0.3 is 5.97 Å². The molecule has 0 atom stereocenters. The van der Waals surface area contributed by atoms with Crippen molar-refractivity contribution in [1.29, 1.82) is 0 Å². The van der Waals surface area contributed by atoms with E-state index in [2.05, 4.69) is 21.2 Å². The van der Waals surface area contributed by atoms with Gasteiger partial charge in [-0.15, -0.1) is 0 Å². The van der Waals surface area contributed by atoms with Gasteiger partial charge in [-0.3, -0.25) is 9.59 Å². The van der Waals surface area contributed by atoms with Gasteiger partial charge in [0, 0.05) is 6.54 Å². The first-order valence-electron chi connectivity index (χ1n) is 5.94. The molecule has 0 bridgehead atoms. The van der Waals surface area contributed by atoms with Crippen molar-refractivity contribution in [2.75, 3.05) is 27.9 Å². The highest BCUT2D eigenvalue weighted by atomic mass is 79.9. The van der Waals surface area contributed by atoms with Gasteiger partial charge in [-0.1, -0.05) is 0 Å². The van der Waals surface area contributed by atoms with Gasteiger partial charge in [-0.2, -0.15) is 0 Å². The highest BCUT2D eigenvalue weighted by Gasteiger charge is 2.22. The van der Waals surface area contributed by atoms with Crippen LogP contribution in [0.1, 0.15) is 16.8 Å². The summed E-state index contributed by atoms with van der Waals surface area (Å²) in [6, 6.07) is 1.49. The minimum Gasteiger partial charge on any atom is -0.493 e. The number of hydrogen-bond acceptors (Lipinski definition) is 5. The molecule has 1 aromatic rings. The molecule has 0 aromatic heterocycles. The summed E-state index contributed by atoms with van der Waals surface area (Å²) in [7, 11) is 4.34. The SMILES string of the molecule is COc1cc(C(=O)NCCC(=O)O)c(Br)c(OC)c1OC. The number of ether oxygens (including phenoxy) is 3. The number of benzene rings is 1. The number of carboxylic acid groups (broad SMARTS) is 1. The average molecular weight is 362 g/mol. The Morgan fingerprint density at radius 2 is 1.81 bits per heavy atom. The zero-order valence-electron chi connectivity index (χ0n) is 11.9. The molecule has 21 heavy (non-hydrogen) atoms. The number of halogens is 1. The molecule has 1 rings (SSSR count). The van der Waals surface area contributed by atoms with Crippen LogP contribution in [0.4, 0.5) is 0 Å². The fourth-order valence-corrected chi connectivity index (χ4v) is 2.30. The van der Waals surface area contributed by atoms with E-state index in [1.54, 1.807) is 0 Å². The van der Waals surface area contributed by atoms with Gasteiger partial charge in [0.1, 0.15) is 0 Å². The van der Waals surface area contributed by atoms with E-state index in [-0.39, 0.29) is 18.5 Å². The Labute approximate surface area is 130 Å². The third kappa shape index (κ3) is 4.01. The van der Waals surface area contributed by atoms with Crippen molar-refractivity contribution < 1.29 is 28.9 Å². The lowest BCUT2D eigenvalue weighted by molar-refractivity contribution is -0.136. The molecule has 116 valence electrons. The molecule has 1 aromatic carbocycles. The van der Waals surface area contributed by atoms with Gasteiger partial charge < -0.3 is 24.6 Å². The van der Waals surface area contributed by atoms with Crippen LogP contribution in [0.5, 0.6) is 17.2 Å². The lowest BCUT2D eigenvalue weighted by atomic mass is 10.1. The topological polar surface area (TPSA) is 94.1 Å². The summed E-state index contributed by atoms with van der Waals surface area (Å²) in [6.07, 6.45) is -0.159. The number of carboxylic acids is 1. The summed E-state index contributed by atoms with van der Waals surface area (Å²) in [5.41, 5.74) is 0.259. The first-order valence-corrected chi connectivity index (χ1v) is 6.74. The third-order valence-electron chi connectivity index (χ3n) is 2.64. The predicted octanol–water partition coefficient (Wildman–Crippen LogP) is 1.68. The van der Waals surface area contributed by atoms with Crippen molar-refractivity contribution in [2.24, 2.45) is 0 Å². The lowest BCUT2D eigenvalue weighted by Gasteiger charge is -2.16. The van der Waals surface area contributed by atoms with Crippen LogP contribution in [0, 0.1) is 0 Å². The maximum absolute atomic E-state index is 12.1. The largest absolute Gasteiger partial charge is 0.493 e. The minimum absolute atomic E-state index is 0.0251.